The summed E-state index contributed by atoms with van der Waals surface area (Å²) in [6.45, 7) is 2.23. The summed E-state index contributed by atoms with van der Waals surface area (Å²) in [6, 6.07) is 8.80. The summed E-state index contributed by atoms with van der Waals surface area (Å²) in [4.78, 5) is 11.8. The molecule has 1 aromatic carbocycles. The molecule has 1 amide bonds. The zero-order valence-corrected chi connectivity index (χ0v) is 14.7. The maximum absolute atomic E-state index is 11.8. The van der Waals surface area contributed by atoms with Crippen molar-refractivity contribution >= 4 is 5.91 Å². The molecule has 23 heavy (non-hydrogen) atoms. The average molecular weight is 316 g/mol. The predicted octanol–water partition coefficient (Wildman–Crippen LogP) is 5.03. The maximum Gasteiger partial charge on any atom is 0.220 e. The number of amides is 1. The molecule has 2 nitrogen and oxygen atoms in total. The number of carbonyl (C=O) groups excluding carboxylic acids is 1. The molecular formula is C21H33NO. The predicted molar refractivity (Wildman–Crippen MR) is 97.3 cm³/mol. The van der Waals surface area contributed by atoms with Gasteiger partial charge in [-0.15, -0.1) is 0 Å². The Bertz CT molecular complexity index is 455. The third-order valence-electron chi connectivity index (χ3n) is 5.44. The normalized spacial score (nSPS) is 16.6. The first-order valence-corrected chi connectivity index (χ1v) is 9.56. The van der Waals surface area contributed by atoms with Gasteiger partial charge in [-0.25, -0.2) is 0 Å². The fraction of sp³-hybridized carbons (Fsp3) is 0.667. The third-order valence-corrected chi connectivity index (χ3v) is 5.44. The Labute approximate surface area is 141 Å². The fourth-order valence-corrected chi connectivity index (χ4v) is 3.92. The summed E-state index contributed by atoms with van der Waals surface area (Å²) in [5.41, 5.74) is 8.69. The van der Waals surface area contributed by atoms with Crippen LogP contribution < -0.4 is 5.73 Å². The summed E-state index contributed by atoms with van der Waals surface area (Å²) in [5.74, 6) is 0.653. The Kier molecular flexibility index (Phi) is 7.64. The van der Waals surface area contributed by atoms with Gasteiger partial charge in [-0.2, -0.15) is 0 Å². The molecule has 0 fully saturated rings. The molecule has 0 saturated carbocycles. The van der Waals surface area contributed by atoms with E-state index in [2.05, 4.69) is 31.2 Å². The second kappa shape index (κ2) is 9.75. The molecule has 2 N–H and O–H groups in total. The van der Waals surface area contributed by atoms with Gasteiger partial charge >= 0.3 is 0 Å². The minimum Gasteiger partial charge on any atom is -0.369 e. The van der Waals surface area contributed by atoms with Gasteiger partial charge in [0, 0.05) is 5.92 Å². The molecule has 0 heterocycles. The Morgan fingerprint density at radius 2 is 1.70 bits per heavy atom. The Morgan fingerprint density at radius 1 is 1.09 bits per heavy atom. The second-order valence-corrected chi connectivity index (χ2v) is 7.25. The van der Waals surface area contributed by atoms with Gasteiger partial charge in [0.2, 0.25) is 5.91 Å². The molecule has 0 bridgehead atoms. The van der Waals surface area contributed by atoms with E-state index in [1.165, 1.54) is 49.7 Å². The van der Waals surface area contributed by atoms with Crippen molar-refractivity contribution in [3.63, 3.8) is 0 Å². The number of aryl methyl sites for hydroxylation is 2. The van der Waals surface area contributed by atoms with E-state index in [4.69, 9.17) is 5.73 Å². The van der Waals surface area contributed by atoms with E-state index in [0.29, 0.717) is 5.92 Å². The molecule has 0 saturated heterocycles. The van der Waals surface area contributed by atoms with E-state index in [1.54, 1.807) is 0 Å². The Balaban J connectivity index is 1.80. The van der Waals surface area contributed by atoms with Crippen LogP contribution in [0.1, 0.15) is 75.8 Å². The SMILES string of the molecule is CCCCCCCC(CC1CCc2ccccc2CC1)C(N)=O. The van der Waals surface area contributed by atoms with Crippen LogP contribution in [-0.4, -0.2) is 5.91 Å². The smallest absolute Gasteiger partial charge is 0.220 e. The molecule has 1 unspecified atom stereocenters. The molecule has 1 atom stereocenters. The molecule has 0 aliphatic heterocycles. The molecular weight excluding hydrogens is 282 g/mol. The molecule has 1 aliphatic carbocycles. The highest BCUT2D eigenvalue weighted by atomic mass is 16.1. The summed E-state index contributed by atoms with van der Waals surface area (Å²) in [5, 5.41) is 0. The first-order chi connectivity index (χ1) is 11.2. The second-order valence-electron chi connectivity index (χ2n) is 7.25. The van der Waals surface area contributed by atoms with Crippen molar-refractivity contribution < 1.29 is 4.79 Å². The summed E-state index contributed by atoms with van der Waals surface area (Å²) in [7, 11) is 0. The Morgan fingerprint density at radius 3 is 2.26 bits per heavy atom. The minimum absolute atomic E-state index is 0.0812. The number of unbranched alkanes of at least 4 members (excludes halogenated alkanes) is 4. The van der Waals surface area contributed by atoms with Crippen LogP contribution in [0.4, 0.5) is 0 Å². The summed E-state index contributed by atoms with van der Waals surface area (Å²) in [6.07, 6.45) is 13.0. The van der Waals surface area contributed by atoms with Crippen LogP contribution in [-0.2, 0) is 17.6 Å². The van der Waals surface area contributed by atoms with E-state index in [9.17, 15) is 4.79 Å². The lowest BCUT2D eigenvalue weighted by Crippen LogP contribution is -2.25. The standard InChI is InChI=1S/C21H33NO/c1-2-3-4-5-6-11-20(21(22)23)16-17-12-14-18-9-7-8-10-19(18)15-13-17/h7-10,17,20H,2-6,11-16H2,1H3,(H2,22,23). The zero-order valence-electron chi connectivity index (χ0n) is 14.7. The monoisotopic (exact) mass is 315 g/mol. The van der Waals surface area contributed by atoms with Crippen molar-refractivity contribution in [1.82, 2.24) is 0 Å². The number of carbonyl (C=O) groups is 1. The lowest BCUT2D eigenvalue weighted by Gasteiger charge is -2.20. The molecule has 1 aliphatic rings. The fourth-order valence-electron chi connectivity index (χ4n) is 3.92. The quantitative estimate of drug-likeness (QED) is 0.504. The molecule has 2 rings (SSSR count). The van der Waals surface area contributed by atoms with E-state index < -0.39 is 0 Å². The van der Waals surface area contributed by atoms with Crippen molar-refractivity contribution in [2.45, 2.75) is 77.6 Å². The van der Waals surface area contributed by atoms with E-state index in [-0.39, 0.29) is 11.8 Å². The number of fused-ring (bicyclic) bond motifs is 1. The lowest BCUT2D eigenvalue weighted by molar-refractivity contribution is -0.122. The molecule has 2 heteroatoms. The topological polar surface area (TPSA) is 43.1 Å². The van der Waals surface area contributed by atoms with E-state index in [1.807, 2.05) is 0 Å². The number of nitrogens with two attached hydrogens (primary N) is 1. The first kappa shape index (κ1) is 18.0. The van der Waals surface area contributed by atoms with Crippen LogP contribution in [0.3, 0.4) is 0 Å². The minimum atomic E-state index is -0.0812. The van der Waals surface area contributed by atoms with Crippen LogP contribution in [0, 0.1) is 11.8 Å². The zero-order chi connectivity index (χ0) is 16.5. The third kappa shape index (κ3) is 6.01. The van der Waals surface area contributed by atoms with E-state index in [0.717, 1.165) is 32.1 Å². The average Bonchev–Trinajstić information content (AvgIpc) is 2.76. The number of rotatable bonds is 9. The van der Waals surface area contributed by atoms with Crippen LogP contribution in [0.25, 0.3) is 0 Å². The van der Waals surface area contributed by atoms with Gasteiger partial charge in [0.25, 0.3) is 0 Å². The lowest BCUT2D eigenvalue weighted by atomic mass is 9.85. The van der Waals surface area contributed by atoms with Crippen LogP contribution in [0.5, 0.6) is 0 Å². The maximum atomic E-state index is 11.8. The number of primary amides is 1. The molecule has 0 radical (unpaired) electrons. The number of benzene rings is 1. The first-order valence-electron chi connectivity index (χ1n) is 9.56. The van der Waals surface area contributed by atoms with Gasteiger partial charge in [-0.3, -0.25) is 4.79 Å². The highest BCUT2D eigenvalue weighted by Gasteiger charge is 2.23. The van der Waals surface area contributed by atoms with Gasteiger partial charge in [0.15, 0.2) is 0 Å². The van der Waals surface area contributed by atoms with Gasteiger partial charge in [0.1, 0.15) is 0 Å². The number of hydrogen-bond acceptors (Lipinski definition) is 1. The number of hydrogen-bond donors (Lipinski definition) is 1. The van der Waals surface area contributed by atoms with E-state index >= 15 is 0 Å². The van der Waals surface area contributed by atoms with Crippen molar-refractivity contribution in [1.29, 1.82) is 0 Å². The van der Waals surface area contributed by atoms with Gasteiger partial charge in [0.05, 0.1) is 0 Å². The summed E-state index contributed by atoms with van der Waals surface area (Å²) >= 11 is 0. The van der Waals surface area contributed by atoms with Crippen molar-refractivity contribution in [2.24, 2.45) is 17.6 Å². The van der Waals surface area contributed by atoms with Gasteiger partial charge in [-0.05, 0) is 55.6 Å². The largest absolute Gasteiger partial charge is 0.369 e. The molecule has 0 spiro atoms. The molecule has 128 valence electrons. The molecule has 0 aromatic heterocycles. The summed E-state index contributed by atoms with van der Waals surface area (Å²) < 4.78 is 0. The Hall–Kier alpha value is -1.31. The van der Waals surface area contributed by atoms with Crippen LogP contribution >= 0.6 is 0 Å². The van der Waals surface area contributed by atoms with Crippen LogP contribution in [0.15, 0.2) is 24.3 Å². The highest BCUT2D eigenvalue weighted by molar-refractivity contribution is 5.76. The van der Waals surface area contributed by atoms with Crippen molar-refractivity contribution in [3.05, 3.63) is 35.4 Å². The highest BCUT2D eigenvalue weighted by Crippen LogP contribution is 2.30. The van der Waals surface area contributed by atoms with Crippen molar-refractivity contribution in [3.8, 4) is 0 Å². The van der Waals surface area contributed by atoms with Gasteiger partial charge in [-0.1, -0.05) is 63.3 Å². The van der Waals surface area contributed by atoms with Crippen LogP contribution in [0.2, 0.25) is 0 Å². The molecule has 1 aromatic rings. The van der Waals surface area contributed by atoms with Crippen molar-refractivity contribution in [2.75, 3.05) is 0 Å². The van der Waals surface area contributed by atoms with Gasteiger partial charge < -0.3 is 5.73 Å².